The third kappa shape index (κ3) is 3.61. The Balaban J connectivity index is 1.71. The second-order valence-electron chi connectivity index (χ2n) is 5.33. The monoisotopic (exact) mass is 342 g/mol. The smallest absolute Gasteiger partial charge is 0.251 e. The average Bonchev–Trinajstić information content (AvgIpc) is 2.86. The van der Waals surface area contributed by atoms with Gasteiger partial charge >= 0.3 is 0 Å². The summed E-state index contributed by atoms with van der Waals surface area (Å²) >= 11 is 6.20. The largest absolute Gasteiger partial charge is 0.489 e. The molecular weight excluding hydrogens is 328 g/mol. The van der Waals surface area contributed by atoms with E-state index >= 15 is 0 Å². The highest BCUT2D eigenvalue weighted by Gasteiger charge is 2.18. The number of nitriles is 1. The first-order chi connectivity index (χ1) is 11.7. The summed E-state index contributed by atoms with van der Waals surface area (Å²) in [6, 6.07) is 12.3. The number of nitrogens with zero attached hydrogens (tertiary/aromatic N) is 1. The second kappa shape index (κ2) is 7.24. The molecule has 0 fully saturated rings. The number of rotatable bonds is 3. The Morgan fingerprint density at radius 2 is 1.96 bits per heavy atom. The molecule has 3 rings (SSSR count). The van der Waals surface area contributed by atoms with Gasteiger partial charge in [0, 0.05) is 18.5 Å². The lowest BCUT2D eigenvalue weighted by Crippen LogP contribution is -2.22. The highest BCUT2D eigenvalue weighted by molar-refractivity contribution is 6.32. The van der Waals surface area contributed by atoms with Crippen molar-refractivity contribution in [3.63, 3.8) is 0 Å². The Bertz CT molecular complexity index is 797. The fourth-order valence-electron chi connectivity index (χ4n) is 2.34. The molecule has 1 heterocycles. The van der Waals surface area contributed by atoms with E-state index in [0.717, 1.165) is 12.0 Å². The third-order valence-corrected chi connectivity index (χ3v) is 3.88. The van der Waals surface area contributed by atoms with Gasteiger partial charge in [0.2, 0.25) is 0 Å². The van der Waals surface area contributed by atoms with Crippen molar-refractivity contribution >= 4 is 17.5 Å². The molecule has 2 aromatic carbocycles. The Labute approximate surface area is 144 Å². The van der Waals surface area contributed by atoms with Crippen molar-refractivity contribution in [1.82, 2.24) is 5.32 Å². The number of halogens is 1. The van der Waals surface area contributed by atoms with Crippen LogP contribution in [0.15, 0.2) is 36.4 Å². The molecule has 2 aromatic rings. The highest BCUT2D eigenvalue weighted by Crippen LogP contribution is 2.37. The van der Waals surface area contributed by atoms with Crippen molar-refractivity contribution in [2.75, 3.05) is 13.2 Å². The van der Waals surface area contributed by atoms with Gasteiger partial charge in [-0.3, -0.25) is 4.79 Å². The van der Waals surface area contributed by atoms with E-state index in [9.17, 15) is 4.79 Å². The molecule has 122 valence electrons. The average molecular weight is 343 g/mol. The van der Waals surface area contributed by atoms with Crippen LogP contribution >= 0.6 is 11.6 Å². The Morgan fingerprint density at radius 3 is 2.71 bits per heavy atom. The van der Waals surface area contributed by atoms with Gasteiger partial charge in [0.15, 0.2) is 11.5 Å². The number of ether oxygens (including phenoxy) is 2. The van der Waals surface area contributed by atoms with E-state index < -0.39 is 0 Å². The lowest BCUT2D eigenvalue weighted by Gasteiger charge is -2.12. The minimum Gasteiger partial charge on any atom is -0.489 e. The predicted molar refractivity (Wildman–Crippen MR) is 89.4 cm³/mol. The molecule has 0 saturated carbocycles. The minimum absolute atomic E-state index is 0.253. The zero-order valence-corrected chi connectivity index (χ0v) is 13.6. The number of benzene rings is 2. The zero-order chi connectivity index (χ0) is 16.9. The van der Waals surface area contributed by atoms with Gasteiger partial charge in [-0.2, -0.15) is 5.26 Å². The summed E-state index contributed by atoms with van der Waals surface area (Å²) in [4.78, 5) is 12.3. The van der Waals surface area contributed by atoms with Crippen LogP contribution in [0.2, 0.25) is 5.02 Å². The van der Waals surface area contributed by atoms with Gasteiger partial charge in [-0.15, -0.1) is 0 Å². The molecule has 0 radical (unpaired) electrons. The van der Waals surface area contributed by atoms with Crippen molar-refractivity contribution in [2.45, 2.75) is 13.0 Å². The summed E-state index contributed by atoms with van der Waals surface area (Å²) in [5.74, 6) is 0.721. The maximum Gasteiger partial charge on any atom is 0.251 e. The van der Waals surface area contributed by atoms with E-state index in [1.54, 1.807) is 36.4 Å². The number of carbonyl (C=O) groups excluding carboxylic acids is 1. The summed E-state index contributed by atoms with van der Waals surface area (Å²) < 4.78 is 11.1. The lowest BCUT2D eigenvalue weighted by atomic mass is 10.1. The van der Waals surface area contributed by atoms with Crippen LogP contribution in [0.5, 0.6) is 11.5 Å². The molecular formula is C18H15ClN2O3. The SMILES string of the molecule is N#Cc1ccc(CNC(=O)c2cc(Cl)c3c(c2)OCCCO3)cc1. The lowest BCUT2D eigenvalue weighted by molar-refractivity contribution is 0.0950. The molecule has 24 heavy (non-hydrogen) atoms. The van der Waals surface area contributed by atoms with Gasteiger partial charge in [-0.05, 0) is 29.8 Å². The van der Waals surface area contributed by atoms with E-state index in [2.05, 4.69) is 11.4 Å². The first-order valence-electron chi connectivity index (χ1n) is 7.54. The molecule has 6 heteroatoms. The van der Waals surface area contributed by atoms with Crippen LogP contribution in [-0.2, 0) is 6.54 Å². The van der Waals surface area contributed by atoms with Crippen molar-refractivity contribution < 1.29 is 14.3 Å². The Morgan fingerprint density at radius 1 is 1.21 bits per heavy atom. The van der Waals surface area contributed by atoms with Gasteiger partial charge in [-0.25, -0.2) is 0 Å². The molecule has 0 aromatic heterocycles. The van der Waals surface area contributed by atoms with Crippen LogP contribution in [0.3, 0.4) is 0 Å². The first kappa shape index (κ1) is 16.2. The van der Waals surface area contributed by atoms with Crippen LogP contribution in [0.1, 0.15) is 27.9 Å². The fraction of sp³-hybridized carbons (Fsp3) is 0.222. The Hall–Kier alpha value is -2.71. The van der Waals surface area contributed by atoms with Crippen LogP contribution in [0.4, 0.5) is 0 Å². The third-order valence-electron chi connectivity index (χ3n) is 3.60. The first-order valence-corrected chi connectivity index (χ1v) is 7.91. The summed E-state index contributed by atoms with van der Waals surface area (Å²) in [6.45, 7) is 1.42. The normalized spacial score (nSPS) is 12.8. The molecule has 5 nitrogen and oxygen atoms in total. The van der Waals surface area contributed by atoms with Crippen molar-refractivity contribution in [3.05, 3.63) is 58.1 Å². The molecule has 1 N–H and O–H groups in total. The van der Waals surface area contributed by atoms with E-state index in [1.807, 2.05) is 0 Å². The van der Waals surface area contributed by atoms with E-state index in [-0.39, 0.29) is 5.91 Å². The van der Waals surface area contributed by atoms with Crippen LogP contribution in [-0.4, -0.2) is 19.1 Å². The molecule has 0 aliphatic carbocycles. The topological polar surface area (TPSA) is 71.4 Å². The molecule has 0 unspecified atom stereocenters. The van der Waals surface area contributed by atoms with Gasteiger partial charge in [0.25, 0.3) is 5.91 Å². The maximum atomic E-state index is 12.3. The highest BCUT2D eigenvalue weighted by atomic mass is 35.5. The minimum atomic E-state index is -0.253. The van der Waals surface area contributed by atoms with Crippen molar-refractivity contribution in [1.29, 1.82) is 5.26 Å². The van der Waals surface area contributed by atoms with Crippen molar-refractivity contribution in [3.8, 4) is 17.6 Å². The van der Waals surface area contributed by atoms with Gasteiger partial charge in [0.05, 0.1) is 29.9 Å². The number of hydrogen-bond donors (Lipinski definition) is 1. The van der Waals surface area contributed by atoms with Gasteiger partial charge in [0.1, 0.15) is 0 Å². The van der Waals surface area contributed by atoms with E-state index in [0.29, 0.717) is 47.4 Å². The summed E-state index contributed by atoms with van der Waals surface area (Å²) in [7, 11) is 0. The molecule has 0 atom stereocenters. The molecule has 1 amide bonds. The molecule has 0 spiro atoms. The van der Waals surface area contributed by atoms with Crippen LogP contribution < -0.4 is 14.8 Å². The van der Waals surface area contributed by atoms with Gasteiger partial charge in [-0.1, -0.05) is 23.7 Å². The standard InChI is InChI=1S/C18H15ClN2O3/c19-15-8-14(9-16-17(15)24-7-1-6-23-16)18(22)21-11-13-4-2-12(10-20)3-5-13/h2-5,8-9H,1,6-7,11H2,(H,21,22). The molecule has 1 aliphatic rings. The Kier molecular flexibility index (Phi) is 4.88. The van der Waals surface area contributed by atoms with Crippen LogP contribution in [0, 0.1) is 11.3 Å². The number of hydrogen-bond acceptors (Lipinski definition) is 4. The quantitative estimate of drug-likeness (QED) is 0.929. The summed E-state index contributed by atoms with van der Waals surface area (Å²) in [5, 5.41) is 12.0. The molecule has 1 aliphatic heterocycles. The van der Waals surface area contributed by atoms with E-state index in [1.165, 1.54) is 0 Å². The number of amides is 1. The maximum absolute atomic E-state index is 12.3. The van der Waals surface area contributed by atoms with Crippen LogP contribution in [0.25, 0.3) is 0 Å². The number of fused-ring (bicyclic) bond motifs is 1. The summed E-state index contributed by atoms with van der Waals surface area (Å²) in [6.07, 6.45) is 0.769. The second-order valence-corrected chi connectivity index (χ2v) is 5.73. The van der Waals surface area contributed by atoms with Crippen molar-refractivity contribution in [2.24, 2.45) is 0 Å². The number of nitrogens with one attached hydrogen (secondary N) is 1. The number of carbonyl (C=O) groups is 1. The predicted octanol–water partition coefficient (Wildman–Crippen LogP) is 3.30. The van der Waals surface area contributed by atoms with Gasteiger partial charge < -0.3 is 14.8 Å². The molecule has 0 bridgehead atoms. The fourth-order valence-corrected chi connectivity index (χ4v) is 2.61. The molecule has 0 saturated heterocycles. The summed E-state index contributed by atoms with van der Waals surface area (Å²) in [5.41, 5.74) is 1.90. The zero-order valence-electron chi connectivity index (χ0n) is 12.8. The van der Waals surface area contributed by atoms with E-state index in [4.69, 9.17) is 26.3 Å².